The third-order valence-corrected chi connectivity index (χ3v) is 6.79. The number of carbonyl (C=O) groups is 1. The molecule has 12 heteroatoms. The van der Waals surface area contributed by atoms with Crippen LogP contribution in [0.3, 0.4) is 0 Å². The second-order valence-electron chi connectivity index (χ2n) is 6.54. The second-order valence-corrected chi connectivity index (χ2v) is 10.2. The SMILES string of the molecule is CS(=O)(=O)Nc1cc(NC(=O)c2ccccc2S(=O)(=O)N2CCOCC2)ccc1F. The van der Waals surface area contributed by atoms with Crippen LogP contribution in [-0.2, 0) is 24.8 Å². The fraction of sp³-hybridized carbons (Fsp3) is 0.278. The van der Waals surface area contributed by atoms with Gasteiger partial charge >= 0.3 is 0 Å². The number of amides is 1. The van der Waals surface area contributed by atoms with Crippen LogP contribution >= 0.6 is 0 Å². The van der Waals surface area contributed by atoms with Crippen molar-refractivity contribution in [2.45, 2.75) is 4.90 Å². The Labute approximate surface area is 173 Å². The van der Waals surface area contributed by atoms with Gasteiger partial charge in [-0.05, 0) is 30.3 Å². The zero-order chi connectivity index (χ0) is 21.9. The monoisotopic (exact) mass is 457 g/mol. The van der Waals surface area contributed by atoms with Gasteiger partial charge in [0.25, 0.3) is 5.91 Å². The zero-order valence-electron chi connectivity index (χ0n) is 16.0. The number of sulfonamides is 2. The average molecular weight is 458 g/mol. The summed E-state index contributed by atoms with van der Waals surface area (Å²) in [5, 5.41) is 2.48. The minimum absolute atomic E-state index is 0.0890. The number of hydrogen-bond acceptors (Lipinski definition) is 6. The highest BCUT2D eigenvalue weighted by Crippen LogP contribution is 2.24. The van der Waals surface area contributed by atoms with E-state index in [4.69, 9.17) is 4.74 Å². The summed E-state index contributed by atoms with van der Waals surface area (Å²) in [6, 6.07) is 9.06. The number of morpholine rings is 1. The predicted molar refractivity (Wildman–Crippen MR) is 109 cm³/mol. The van der Waals surface area contributed by atoms with Gasteiger partial charge in [-0.15, -0.1) is 0 Å². The minimum atomic E-state index is -3.93. The van der Waals surface area contributed by atoms with E-state index in [-0.39, 0.29) is 48.1 Å². The van der Waals surface area contributed by atoms with Crippen molar-refractivity contribution in [3.05, 3.63) is 53.8 Å². The molecule has 1 aliphatic heterocycles. The Balaban J connectivity index is 1.89. The van der Waals surface area contributed by atoms with E-state index in [1.165, 1.54) is 34.6 Å². The van der Waals surface area contributed by atoms with Crippen molar-refractivity contribution in [3.8, 4) is 0 Å². The fourth-order valence-corrected chi connectivity index (χ4v) is 5.04. The number of nitrogens with zero attached hydrogens (tertiary/aromatic N) is 1. The molecule has 0 aromatic heterocycles. The molecule has 2 aromatic carbocycles. The maximum atomic E-state index is 13.9. The van der Waals surface area contributed by atoms with Gasteiger partial charge < -0.3 is 10.1 Å². The van der Waals surface area contributed by atoms with Gasteiger partial charge in [0, 0.05) is 18.8 Å². The lowest BCUT2D eigenvalue weighted by molar-refractivity contribution is 0.0730. The standard InChI is InChI=1S/C18H20FN3O6S2/c1-29(24,25)21-16-12-13(6-7-15(16)19)20-18(23)14-4-2-3-5-17(14)30(26,27)22-8-10-28-11-9-22/h2-7,12,21H,8-11H2,1H3,(H,20,23). The van der Waals surface area contributed by atoms with E-state index in [0.717, 1.165) is 18.4 Å². The number of benzene rings is 2. The van der Waals surface area contributed by atoms with Crippen LogP contribution in [-0.4, -0.2) is 59.6 Å². The zero-order valence-corrected chi connectivity index (χ0v) is 17.6. The first-order chi connectivity index (χ1) is 14.1. The van der Waals surface area contributed by atoms with E-state index in [1.807, 2.05) is 4.72 Å². The molecule has 2 aromatic rings. The van der Waals surface area contributed by atoms with Crippen LogP contribution in [0.25, 0.3) is 0 Å². The number of hydrogen-bond donors (Lipinski definition) is 2. The molecule has 1 fully saturated rings. The van der Waals surface area contributed by atoms with Gasteiger partial charge in [0.15, 0.2) is 0 Å². The smallest absolute Gasteiger partial charge is 0.257 e. The third kappa shape index (κ3) is 5.14. The highest BCUT2D eigenvalue weighted by atomic mass is 32.2. The van der Waals surface area contributed by atoms with Crippen molar-refractivity contribution in [2.75, 3.05) is 42.6 Å². The topological polar surface area (TPSA) is 122 Å². The van der Waals surface area contributed by atoms with Crippen molar-refractivity contribution < 1.29 is 30.8 Å². The summed E-state index contributed by atoms with van der Waals surface area (Å²) in [4.78, 5) is 12.6. The lowest BCUT2D eigenvalue weighted by atomic mass is 10.2. The van der Waals surface area contributed by atoms with Crippen molar-refractivity contribution >= 4 is 37.3 Å². The molecule has 0 bridgehead atoms. The van der Waals surface area contributed by atoms with Crippen LogP contribution in [0.4, 0.5) is 15.8 Å². The number of carbonyl (C=O) groups excluding carboxylic acids is 1. The molecule has 162 valence electrons. The van der Waals surface area contributed by atoms with Crippen molar-refractivity contribution in [2.24, 2.45) is 0 Å². The van der Waals surface area contributed by atoms with Gasteiger partial charge in [-0.25, -0.2) is 21.2 Å². The van der Waals surface area contributed by atoms with E-state index in [0.29, 0.717) is 0 Å². The molecule has 0 aliphatic carbocycles. The number of ether oxygens (including phenoxy) is 1. The summed E-state index contributed by atoms with van der Waals surface area (Å²) < 4.78 is 71.0. The molecule has 0 unspecified atom stereocenters. The molecular weight excluding hydrogens is 437 g/mol. The highest BCUT2D eigenvalue weighted by molar-refractivity contribution is 7.92. The van der Waals surface area contributed by atoms with E-state index < -0.39 is 31.8 Å². The first-order valence-electron chi connectivity index (χ1n) is 8.83. The Morgan fingerprint density at radius 3 is 2.40 bits per heavy atom. The number of rotatable bonds is 6. The van der Waals surface area contributed by atoms with Gasteiger partial charge in [0.2, 0.25) is 20.0 Å². The van der Waals surface area contributed by atoms with Crippen LogP contribution < -0.4 is 10.0 Å². The Kier molecular flexibility index (Phi) is 6.41. The van der Waals surface area contributed by atoms with Crippen molar-refractivity contribution in [1.82, 2.24) is 4.31 Å². The van der Waals surface area contributed by atoms with Gasteiger partial charge in [0.05, 0.1) is 35.6 Å². The molecule has 30 heavy (non-hydrogen) atoms. The Bertz CT molecular complexity index is 1160. The van der Waals surface area contributed by atoms with Gasteiger partial charge in [-0.1, -0.05) is 12.1 Å². The molecule has 0 saturated carbocycles. The highest BCUT2D eigenvalue weighted by Gasteiger charge is 2.30. The summed E-state index contributed by atoms with van der Waals surface area (Å²) in [6.07, 6.45) is 0.866. The Morgan fingerprint density at radius 2 is 1.73 bits per heavy atom. The van der Waals surface area contributed by atoms with Crippen LogP contribution in [0.15, 0.2) is 47.4 Å². The molecule has 2 N–H and O–H groups in total. The van der Waals surface area contributed by atoms with E-state index in [9.17, 15) is 26.0 Å². The minimum Gasteiger partial charge on any atom is -0.379 e. The lowest BCUT2D eigenvalue weighted by Crippen LogP contribution is -2.41. The molecule has 1 aliphatic rings. The lowest BCUT2D eigenvalue weighted by Gasteiger charge is -2.26. The molecule has 1 heterocycles. The van der Waals surface area contributed by atoms with Gasteiger partial charge in [-0.3, -0.25) is 9.52 Å². The largest absolute Gasteiger partial charge is 0.379 e. The maximum absolute atomic E-state index is 13.9. The predicted octanol–water partition coefficient (Wildman–Crippen LogP) is 1.47. The van der Waals surface area contributed by atoms with E-state index in [1.54, 1.807) is 0 Å². The molecule has 0 spiro atoms. The molecule has 1 amide bonds. The first kappa shape index (κ1) is 22.2. The molecule has 3 rings (SSSR count). The number of nitrogens with one attached hydrogen (secondary N) is 2. The van der Waals surface area contributed by atoms with Crippen molar-refractivity contribution in [1.29, 1.82) is 0 Å². The molecule has 1 saturated heterocycles. The Morgan fingerprint density at radius 1 is 1.07 bits per heavy atom. The van der Waals surface area contributed by atoms with E-state index in [2.05, 4.69) is 5.32 Å². The van der Waals surface area contributed by atoms with Gasteiger partial charge in [0.1, 0.15) is 5.82 Å². The average Bonchev–Trinajstić information content (AvgIpc) is 2.70. The number of halogens is 1. The number of anilines is 2. The fourth-order valence-electron chi connectivity index (χ4n) is 2.88. The Hall–Kier alpha value is -2.54. The summed E-state index contributed by atoms with van der Waals surface area (Å²) in [5.74, 6) is -1.56. The molecular formula is C18H20FN3O6S2. The van der Waals surface area contributed by atoms with Crippen LogP contribution in [0, 0.1) is 5.82 Å². The normalized spacial score (nSPS) is 15.5. The van der Waals surface area contributed by atoms with Crippen LogP contribution in [0.2, 0.25) is 0 Å². The molecule has 9 nitrogen and oxygen atoms in total. The van der Waals surface area contributed by atoms with Crippen LogP contribution in [0.5, 0.6) is 0 Å². The van der Waals surface area contributed by atoms with Crippen LogP contribution in [0.1, 0.15) is 10.4 Å². The maximum Gasteiger partial charge on any atom is 0.257 e. The van der Waals surface area contributed by atoms with Gasteiger partial charge in [-0.2, -0.15) is 4.31 Å². The quantitative estimate of drug-likeness (QED) is 0.678. The second kappa shape index (κ2) is 8.68. The summed E-state index contributed by atoms with van der Waals surface area (Å²) in [6.45, 7) is 0.881. The molecule has 0 atom stereocenters. The third-order valence-electron chi connectivity index (χ3n) is 4.24. The van der Waals surface area contributed by atoms with Crippen molar-refractivity contribution in [3.63, 3.8) is 0 Å². The summed E-state index contributed by atoms with van der Waals surface area (Å²) in [7, 11) is -7.66. The van der Waals surface area contributed by atoms with E-state index >= 15 is 0 Å². The summed E-state index contributed by atoms with van der Waals surface area (Å²) >= 11 is 0. The first-order valence-corrected chi connectivity index (χ1v) is 12.2. The summed E-state index contributed by atoms with van der Waals surface area (Å²) in [5.41, 5.74) is -0.346. The molecule has 0 radical (unpaired) electrons.